The number of amides is 1. The van der Waals surface area contributed by atoms with Crippen LogP contribution in [0.4, 0.5) is 0 Å². The van der Waals surface area contributed by atoms with Crippen molar-refractivity contribution in [3.05, 3.63) is 72.4 Å². The van der Waals surface area contributed by atoms with Crippen LogP contribution in [0.3, 0.4) is 0 Å². The van der Waals surface area contributed by atoms with E-state index in [0.717, 1.165) is 55.6 Å². The fourth-order valence-electron chi connectivity index (χ4n) is 5.79. The fourth-order valence-corrected chi connectivity index (χ4v) is 5.79. The molecule has 2 aliphatic rings. The Bertz CT molecular complexity index is 1160. The third-order valence-electron chi connectivity index (χ3n) is 7.54. The van der Waals surface area contributed by atoms with Gasteiger partial charge in [0, 0.05) is 50.7 Å². The summed E-state index contributed by atoms with van der Waals surface area (Å²) >= 11 is 0. The first-order valence-corrected chi connectivity index (χ1v) is 12.8. The average Bonchev–Trinajstić information content (AvgIpc) is 3.35. The van der Waals surface area contributed by atoms with Crippen LogP contribution in [0.2, 0.25) is 0 Å². The van der Waals surface area contributed by atoms with Gasteiger partial charge in [0.05, 0.1) is 24.7 Å². The highest BCUT2D eigenvalue weighted by Gasteiger charge is 2.42. The van der Waals surface area contributed by atoms with Crippen LogP contribution in [0, 0.1) is 0 Å². The number of aromatic nitrogens is 3. The Kier molecular flexibility index (Phi) is 10.7. The molecule has 0 bridgehead atoms. The van der Waals surface area contributed by atoms with Gasteiger partial charge in [-0.25, -0.2) is 4.98 Å². The van der Waals surface area contributed by atoms with Crippen molar-refractivity contribution in [3.8, 4) is 11.3 Å². The van der Waals surface area contributed by atoms with Gasteiger partial charge in [-0.1, -0.05) is 49.2 Å². The number of pyridine rings is 1. The number of methoxy groups -OCH3 is 1. The van der Waals surface area contributed by atoms with Crippen LogP contribution in [0.5, 0.6) is 0 Å². The molecule has 1 amide bonds. The molecule has 206 valence electrons. The number of rotatable bonds is 7. The molecule has 1 saturated heterocycles. The molecule has 1 aliphatic heterocycles. The Morgan fingerprint density at radius 3 is 2.74 bits per heavy atom. The summed E-state index contributed by atoms with van der Waals surface area (Å²) in [5.41, 5.74) is 2.22. The molecular weight excluding hydrogens is 525 g/mol. The number of piperazine rings is 1. The molecule has 3 heterocycles. The Labute approximate surface area is 236 Å². The molecule has 38 heavy (non-hydrogen) atoms. The Balaban J connectivity index is 0.00000200. The van der Waals surface area contributed by atoms with Crippen molar-refractivity contribution in [1.82, 2.24) is 24.8 Å². The molecule has 2 aromatic heterocycles. The molecule has 5 rings (SSSR count). The number of hydrogen-bond acceptors (Lipinski definition) is 6. The number of nitrogens with one attached hydrogen (secondary N) is 1. The van der Waals surface area contributed by atoms with Crippen LogP contribution in [-0.2, 0) is 11.2 Å². The van der Waals surface area contributed by atoms with Gasteiger partial charge in [0.1, 0.15) is 5.60 Å². The summed E-state index contributed by atoms with van der Waals surface area (Å²) in [7, 11) is 1.62. The standard InChI is InChI=1S/C28H35N5O3.2ClH/c1-36-19-28(35)12-6-5-11-24(28)33-20-31-25(26(33)22-9-3-2-4-10-22)27(34)32-15-14-30-18-23(32)16-21-8-7-13-29-17-21;;/h2-4,7-10,13,17,20,23-24,30,35H,5-6,11-12,14-16,18-19H2,1H3;2*1H/t23-,24-,28-;;/m1../s1. The van der Waals surface area contributed by atoms with Crippen LogP contribution in [0.25, 0.3) is 11.3 Å². The molecule has 0 radical (unpaired) electrons. The maximum absolute atomic E-state index is 14.1. The third-order valence-corrected chi connectivity index (χ3v) is 7.54. The van der Waals surface area contributed by atoms with Gasteiger partial charge in [0.15, 0.2) is 5.69 Å². The molecule has 1 saturated carbocycles. The van der Waals surface area contributed by atoms with Gasteiger partial charge < -0.3 is 24.6 Å². The molecule has 3 atom stereocenters. The van der Waals surface area contributed by atoms with E-state index < -0.39 is 5.60 Å². The van der Waals surface area contributed by atoms with E-state index in [1.54, 1.807) is 19.6 Å². The molecule has 8 nitrogen and oxygen atoms in total. The maximum atomic E-state index is 14.1. The van der Waals surface area contributed by atoms with Crippen molar-refractivity contribution in [2.75, 3.05) is 33.4 Å². The van der Waals surface area contributed by atoms with Crippen LogP contribution >= 0.6 is 24.8 Å². The summed E-state index contributed by atoms with van der Waals surface area (Å²) in [5.74, 6) is -0.0749. The molecule has 0 unspecified atom stereocenters. The van der Waals surface area contributed by atoms with Gasteiger partial charge in [0.2, 0.25) is 0 Å². The molecule has 1 aliphatic carbocycles. The normalized spacial score (nSPS) is 23.3. The van der Waals surface area contributed by atoms with Crippen molar-refractivity contribution in [2.24, 2.45) is 0 Å². The lowest BCUT2D eigenvalue weighted by Gasteiger charge is -2.41. The van der Waals surface area contributed by atoms with Crippen LogP contribution < -0.4 is 5.32 Å². The number of benzene rings is 1. The Hall–Kier alpha value is -2.49. The number of carbonyl (C=O) groups is 1. The number of ether oxygens (including phenoxy) is 1. The summed E-state index contributed by atoms with van der Waals surface area (Å²) in [6.07, 6.45) is 9.52. The van der Waals surface area contributed by atoms with Crippen LogP contribution in [-0.4, -0.2) is 75.4 Å². The highest BCUT2D eigenvalue weighted by atomic mass is 35.5. The number of carbonyl (C=O) groups excluding carboxylic acids is 1. The van der Waals surface area contributed by atoms with Crippen molar-refractivity contribution in [2.45, 2.75) is 49.8 Å². The van der Waals surface area contributed by atoms with E-state index in [-0.39, 0.29) is 49.4 Å². The quantitative estimate of drug-likeness (QED) is 0.454. The molecule has 10 heteroatoms. The summed E-state index contributed by atoms with van der Waals surface area (Å²) in [4.78, 5) is 25.0. The number of hydrogen-bond donors (Lipinski definition) is 2. The van der Waals surface area contributed by atoms with E-state index in [0.29, 0.717) is 18.7 Å². The van der Waals surface area contributed by atoms with Gasteiger partial charge in [-0.15, -0.1) is 24.8 Å². The van der Waals surface area contributed by atoms with E-state index in [2.05, 4.69) is 10.3 Å². The zero-order valence-corrected chi connectivity index (χ0v) is 23.3. The van der Waals surface area contributed by atoms with Crippen molar-refractivity contribution in [3.63, 3.8) is 0 Å². The summed E-state index contributed by atoms with van der Waals surface area (Å²) in [5, 5.41) is 15.0. The van der Waals surface area contributed by atoms with E-state index in [9.17, 15) is 9.90 Å². The number of aliphatic hydroxyl groups is 1. The first-order chi connectivity index (χ1) is 17.6. The smallest absolute Gasteiger partial charge is 0.275 e. The number of imidazole rings is 1. The molecule has 1 aromatic carbocycles. The van der Waals surface area contributed by atoms with Gasteiger partial charge in [-0.2, -0.15) is 0 Å². The summed E-state index contributed by atoms with van der Waals surface area (Å²) < 4.78 is 7.46. The molecule has 0 spiro atoms. The first-order valence-electron chi connectivity index (χ1n) is 12.8. The van der Waals surface area contributed by atoms with E-state index in [1.807, 2.05) is 58.1 Å². The summed E-state index contributed by atoms with van der Waals surface area (Å²) in [6, 6.07) is 13.7. The van der Waals surface area contributed by atoms with Crippen molar-refractivity contribution in [1.29, 1.82) is 0 Å². The topological polar surface area (TPSA) is 92.5 Å². The van der Waals surface area contributed by atoms with E-state index in [1.165, 1.54) is 0 Å². The lowest BCUT2D eigenvalue weighted by Crippen LogP contribution is -2.54. The van der Waals surface area contributed by atoms with E-state index >= 15 is 0 Å². The Morgan fingerprint density at radius 1 is 1.18 bits per heavy atom. The van der Waals surface area contributed by atoms with Crippen molar-refractivity contribution < 1.29 is 14.6 Å². The first kappa shape index (κ1) is 30.1. The predicted molar refractivity (Wildman–Crippen MR) is 152 cm³/mol. The lowest BCUT2D eigenvalue weighted by molar-refractivity contribution is -0.0893. The minimum Gasteiger partial charge on any atom is -0.385 e. The average molecular weight is 563 g/mol. The zero-order valence-electron chi connectivity index (χ0n) is 21.7. The van der Waals surface area contributed by atoms with Gasteiger partial charge in [0.25, 0.3) is 5.91 Å². The predicted octanol–water partition coefficient (Wildman–Crippen LogP) is 3.94. The minimum atomic E-state index is -1.00. The second-order valence-corrected chi connectivity index (χ2v) is 9.94. The van der Waals surface area contributed by atoms with Gasteiger partial charge >= 0.3 is 0 Å². The highest BCUT2D eigenvalue weighted by molar-refractivity contribution is 5.98. The van der Waals surface area contributed by atoms with Crippen LogP contribution in [0.1, 0.15) is 47.8 Å². The maximum Gasteiger partial charge on any atom is 0.275 e. The second kappa shape index (κ2) is 13.5. The zero-order chi connectivity index (χ0) is 25.0. The van der Waals surface area contributed by atoms with Gasteiger partial charge in [-0.3, -0.25) is 9.78 Å². The SMILES string of the molecule is COC[C@]1(O)CCCC[C@H]1n1cnc(C(=O)N2CCNC[C@H]2Cc2cccnc2)c1-c1ccccc1.Cl.Cl. The molecule has 2 fully saturated rings. The molecular formula is C28H37Cl2N5O3. The minimum absolute atomic E-state index is 0. The summed E-state index contributed by atoms with van der Waals surface area (Å²) in [6.45, 7) is 2.32. The molecule has 3 aromatic rings. The van der Waals surface area contributed by atoms with Gasteiger partial charge in [-0.05, 0) is 30.9 Å². The highest BCUT2D eigenvalue weighted by Crippen LogP contribution is 2.41. The lowest BCUT2D eigenvalue weighted by atomic mass is 9.80. The molecule has 2 N–H and O–H groups in total. The number of nitrogens with zero attached hydrogens (tertiary/aromatic N) is 4. The third kappa shape index (κ3) is 6.21. The van der Waals surface area contributed by atoms with E-state index in [4.69, 9.17) is 9.72 Å². The van der Waals surface area contributed by atoms with Crippen LogP contribution in [0.15, 0.2) is 61.2 Å². The number of halogens is 2. The monoisotopic (exact) mass is 561 g/mol. The Morgan fingerprint density at radius 2 is 2.00 bits per heavy atom. The van der Waals surface area contributed by atoms with Crippen molar-refractivity contribution >= 4 is 30.7 Å². The fraction of sp³-hybridized carbons (Fsp3) is 0.464. The largest absolute Gasteiger partial charge is 0.385 e. The second-order valence-electron chi connectivity index (χ2n) is 9.94.